The zero-order valence-corrected chi connectivity index (χ0v) is 14.9. The van der Waals surface area contributed by atoms with E-state index in [4.69, 9.17) is 32.7 Å². The monoisotopic (exact) mass is 405 g/mol. The molecule has 1 N–H and O–H groups in total. The number of nitrogens with one attached hydrogen (secondary N) is 1. The number of hydrogen-bond donors (Lipinski definition) is 1. The van der Waals surface area contributed by atoms with Crippen molar-refractivity contribution in [3.8, 4) is 17.6 Å². The van der Waals surface area contributed by atoms with Crippen molar-refractivity contribution in [3.05, 3.63) is 61.6 Å². The van der Waals surface area contributed by atoms with Gasteiger partial charge in [0.15, 0.2) is 11.5 Å². The van der Waals surface area contributed by atoms with Gasteiger partial charge in [0.1, 0.15) is 16.7 Å². The summed E-state index contributed by atoms with van der Waals surface area (Å²) < 4.78 is 10.4. The van der Waals surface area contributed by atoms with Gasteiger partial charge >= 0.3 is 0 Å². The van der Waals surface area contributed by atoms with Gasteiger partial charge in [-0.25, -0.2) is 0 Å². The van der Waals surface area contributed by atoms with Gasteiger partial charge in [0.05, 0.1) is 9.95 Å². The van der Waals surface area contributed by atoms with Crippen LogP contribution in [0.4, 0.5) is 11.4 Å². The Morgan fingerprint density at radius 1 is 1.22 bits per heavy atom. The zero-order chi connectivity index (χ0) is 19.6. The summed E-state index contributed by atoms with van der Waals surface area (Å²) >= 11 is 11.9. The lowest BCUT2D eigenvalue weighted by atomic mass is 10.1. The number of rotatable bonds is 4. The van der Waals surface area contributed by atoms with Gasteiger partial charge < -0.3 is 14.8 Å². The molecule has 1 aliphatic rings. The van der Waals surface area contributed by atoms with E-state index in [-0.39, 0.29) is 33.8 Å². The molecule has 1 amide bonds. The first-order chi connectivity index (χ1) is 12.9. The molecular weight excluding hydrogens is 397 g/mol. The first-order valence-electron chi connectivity index (χ1n) is 7.35. The summed E-state index contributed by atoms with van der Waals surface area (Å²) in [6.45, 7) is 0.0553. The summed E-state index contributed by atoms with van der Waals surface area (Å²) in [5, 5.41) is 22.8. The van der Waals surface area contributed by atoms with Gasteiger partial charge in [-0.05, 0) is 29.8 Å². The first-order valence-corrected chi connectivity index (χ1v) is 8.11. The molecule has 0 atom stereocenters. The Bertz CT molecular complexity index is 1030. The van der Waals surface area contributed by atoms with Crippen LogP contribution in [0.15, 0.2) is 35.9 Å². The van der Waals surface area contributed by atoms with Crippen LogP contribution in [0.3, 0.4) is 0 Å². The fourth-order valence-electron chi connectivity index (χ4n) is 2.28. The summed E-state index contributed by atoms with van der Waals surface area (Å²) in [7, 11) is 0. The number of carbonyl (C=O) groups is 1. The van der Waals surface area contributed by atoms with Crippen molar-refractivity contribution >= 4 is 46.6 Å². The Morgan fingerprint density at radius 2 is 1.93 bits per heavy atom. The standard InChI is InChI=1S/C17H9Cl2N3O5/c18-12-2-1-11(5-14(12)22(24)25)21-17(23)10(7-20)3-9-4-15-16(6-13(9)19)27-8-26-15/h1-6H,8H2,(H,21,23)/b10-3+. The van der Waals surface area contributed by atoms with E-state index < -0.39 is 10.8 Å². The number of nitro benzene ring substituents is 1. The molecule has 3 rings (SSSR count). The van der Waals surface area contributed by atoms with Crippen molar-refractivity contribution < 1.29 is 19.2 Å². The minimum atomic E-state index is -0.761. The van der Waals surface area contributed by atoms with E-state index in [0.717, 1.165) is 6.07 Å². The van der Waals surface area contributed by atoms with E-state index >= 15 is 0 Å². The maximum Gasteiger partial charge on any atom is 0.289 e. The number of nitriles is 1. The molecule has 0 saturated carbocycles. The molecular formula is C17H9Cl2N3O5. The number of halogens is 2. The third-order valence-corrected chi connectivity index (χ3v) is 4.20. The number of ether oxygens (including phenoxy) is 2. The highest BCUT2D eigenvalue weighted by molar-refractivity contribution is 6.33. The van der Waals surface area contributed by atoms with Crippen molar-refractivity contribution in [3.63, 3.8) is 0 Å². The highest BCUT2D eigenvalue weighted by Gasteiger charge is 2.18. The summed E-state index contributed by atoms with van der Waals surface area (Å²) in [6, 6.07) is 8.60. The molecule has 0 aromatic heterocycles. The topological polar surface area (TPSA) is 114 Å². The number of benzene rings is 2. The van der Waals surface area contributed by atoms with Crippen LogP contribution in [0.1, 0.15) is 5.56 Å². The smallest absolute Gasteiger partial charge is 0.289 e. The normalized spacial score (nSPS) is 12.4. The van der Waals surface area contributed by atoms with Crippen LogP contribution in [0, 0.1) is 21.4 Å². The molecule has 8 nitrogen and oxygen atoms in total. The third kappa shape index (κ3) is 3.95. The van der Waals surface area contributed by atoms with Crippen molar-refractivity contribution in [2.45, 2.75) is 0 Å². The van der Waals surface area contributed by atoms with Crippen LogP contribution >= 0.6 is 23.2 Å². The maximum atomic E-state index is 12.4. The number of fused-ring (bicyclic) bond motifs is 1. The van der Waals surface area contributed by atoms with Crippen LogP contribution < -0.4 is 14.8 Å². The molecule has 1 aliphatic heterocycles. The maximum absolute atomic E-state index is 12.4. The van der Waals surface area contributed by atoms with E-state index in [0.29, 0.717) is 17.1 Å². The lowest BCUT2D eigenvalue weighted by molar-refractivity contribution is -0.384. The van der Waals surface area contributed by atoms with Crippen molar-refractivity contribution in [1.82, 2.24) is 0 Å². The molecule has 2 aromatic rings. The number of nitro groups is 1. The van der Waals surface area contributed by atoms with Crippen LogP contribution in [0.25, 0.3) is 6.08 Å². The largest absolute Gasteiger partial charge is 0.454 e. The molecule has 136 valence electrons. The Balaban J connectivity index is 1.87. The number of carbonyl (C=O) groups excluding carboxylic acids is 1. The van der Waals surface area contributed by atoms with E-state index in [9.17, 15) is 20.2 Å². The average Bonchev–Trinajstić information content (AvgIpc) is 3.07. The Kier molecular flexibility index (Phi) is 5.16. The molecule has 10 heteroatoms. The number of amides is 1. The molecule has 0 aliphatic carbocycles. The van der Waals surface area contributed by atoms with Gasteiger partial charge in [0.25, 0.3) is 11.6 Å². The first kappa shape index (κ1) is 18.5. The van der Waals surface area contributed by atoms with E-state index in [1.165, 1.54) is 24.3 Å². The Morgan fingerprint density at radius 3 is 2.59 bits per heavy atom. The van der Waals surface area contributed by atoms with E-state index in [1.54, 1.807) is 12.1 Å². The van der Waals surface area contributed by atoms with Crippen LogP contribution in [-0.2, 0) is 4.79 Å². The van der Waals surface area contributed by atoms with Gasteiger partial charge in [0.2, 0.25) is 6.79 Å². The van der Waals surface area contributed by atoms with Crippen molar-refractivity contribution in [1.29, 1.82) is 5.26 Å². The predicted molar refractivity (Wildman–Crippen MR) is 97.9 cm³/mol. The SMILES string of the molecule is N#C/C(=C\c1cc2c(cc1Cl)OCO2)C(=O)Nc1ccc(Cl)c([N+](=O)[O-])c1. The molecule has 1 heterocycles. The summed E-state index contributed by atoms with van der Waals surface area (Å²) in [5.41, 5.74) is -0.118. The second-order valence-corrected chi connectivity index (χ2v) is 6.09. The average molecular weight is 406 g/mol. The lowest BCUT2D eigenvalue weighted by Crippen LogP contribution is -2.13. The molecule has 27 heavy (non-hydrogen) atoms. The van der Waals surface area contributed by atoms with Gasteiger partial charge in [-0.1, -0.05) is 23.2 Å². The zero-order valence-electron chi connectivity index (χ0n) is 13.4. The highest BCUT2D eigenvalue weighted by atomic mass is 35.5. The highest BCUT2D eigenvalue weighted by Crippen LogP contribution is 2.37. The second-order valence-electron chi connectivity index (χ2n) is 5.27. The van der Waals surface area contributed by atoms with Crippen LogP contribution in [-0.4, -0.2) is 17.6 Å². The summed E-state index contributed by atoms with van der Waals surface area (Å²) in [6.07, 6.45) is 1.28. The molecule has 0 radical (unpaired) electrons. The Labute approximate surface area is 162 Å². The Hall–Kier alpha value is -3.28. The van der Waals surface area contributed by atoms with Crippen LogP contribution in [0.5, 0.6) is 11.5 Å². The molecule has 0 fully saturated rings. The molecule has 0 saturated heterocycles. The van der Waals surface area contributed by atoms with Crippen LogP contribution in [0.2, 0.25) is 10.0 Å². The molecule has 2 aromatic carbocycles. The quantitative estimate of drug-likeness (QED) is 0.353. The van der Waals surface area contributed by atoms with Gasteiger partial charge in [-0.3, -0.25) is 14.9 Å². The van der Waals surface area contributed by atoms with Crippen molar-refractivity contribution in [2.24, 2.45) is 0 Å². The van der Waals surface area contributed by atoms with E-state index in [2.05, 4.69) is 5.32 Å². The number of anilines is 1. The molecule has 0 unspecified atom stereocenters. The fraction of sp³-hybridized carbons (Fsp3) is 0.0588. The minimum absolute atomic E-state index is 0.0553. The van der Waals surface area contributed by atoms with Gasteiger partial charge in [-0.2, -0.15) is 5.26 Å². The van der Waals surface area contributed by atoms with Crippen molar-refractivity contribution in [2.75, 3.05) is 12.1 Å². The molecule has 0 spiro atoms. The van der Waals surface area contributed by atoms with E-state index in [1.807, 2.05) is 0 Å². The third-order valence-electron chi connectivity index (χ3n) is 3.56. The molecule has 0 bridgehead atoms. The number of hydrogen-bond acceptors (Lipinski definition) is 6. The second kappa shape index (κ2) is 7.53. The van der Waals surface area contributed by atoms with Gasteiger partial charge in [0, 0.05) is 17.8 Å². The number of nitrogens with zero attached hydrogens (tertiary/aromatic N) is 2. The summed E-state index contributed by atoms with van der Waals surface area (Å²) in [4.78, 5) is 22.6. The fourth-order valence-corrected chi connectivity index (χ4v) is 2.67. The summed E-state index contributed by atoms with van der Waals surface area (Å²) in [5.74, 6) is 0.146. The lowest BCUT2D eigenvalue weighted by Gasteiger charge is -2.06. The van der Waals surface area contributed by atoms with Gasteiger partial charge in [-0.15, -0.1) is 0 Å². The predicted octanol–water partition coefficient (Wildman–Crippen LogP) is 4.18. The minimum Gasteiger partial charge on any atom is -0.454 e.